The van der Waals surface area contributed by atoms with E-state index in [9.17, 15) is 4.39 Å². The molecule has 0 heterocycles. The third kappa shape index (κ3) is 4.38. The van der Waals surface area contributed by atoms with Crippen molar-refractivity contribution in [1.82, 2.24) is 0 Å². The largest absolute Gasteiger partial charge is 0.394 e. The zero-order valence-corrected chi connectivity index (χ0v) is 9.56. The van der Waals surface area contributed by atoms with Crippen LogP contribution in [0.4, 0.5) is 4.39 Å². The predicted octanol–water partition coefficient (Wildman–Crippen LogP) is 2.07. The molecule has 15 heavy (non-hydrogen) atoms. The minimum atomic E-state index is -0.714. The van der Waals surface area contributed by atoms with Crippen molar-refractivity contribution in [2.24, 2.45) is 0 Å². The average molecular weight is 251 g/mol. The molecular weight excluding hydrogens is 239 g/mol. The van der Waals surface area contributed by atoms with Crippen molar-refractivity contribution < 1.29 is 14.6 Å². The second-order valence-electron chi connectivity index (χ2n) is 3.09. The van der Waals surface area contributed by atoms with Crippen LogP contribution in [0.3, 0.4) is 0 Å². The van der Waals surface area contributed by atoms with Crippen LogP contribution in [0.2, 0.25) is 5.02 Å². The first-order chi connectivity index (χ1) is 7.13. The van der Waals surface area contributed by atoms with Crippen LogP contribution in [0, 0.1) is 5.82 Å². The van der Waals surface area contributed by atoms with E-state index in [0.717, 1.165) is 5.56 Å². The lowest BCUT2D eigenvalue weighted by atomic mass is 10.2. The van der Waals surface area contributed by atoms with Crippen LogP contribution in [0.5, 0.6) is 0 Å². The van der Waals surface area contributed by atoms with Gasteiger partial charge in [0.05, 0.1) is 12.7 Å². The average Bonchev–Trinajstić information content (AvgIpc) is 2.21. The van der Waals surface area contributed by atoms with E-state index in [4.69, 9.17) is 21.8 Å². The maximum Gasteiger partial charge on any atom is 0.124 e. The highest BCUT2D eigenvalue weighted by Gasteiger charge is 2.05. The Labute approximate surface area is 97.1 Å². The molecular formula is C10H12ClFO2S. The summed E-state index contributed by atoms with van der Waals surface area (Å²) in [6.07, 6.45) is -0.714. The van der Waals surface area contributed by atoms with Crippen LogP contribution in [0.25, 0.3) is 0 Å². The van der Waals surface area contributed by atoms with Crippen LogP contribution >= 0.6 is 23.4 Å². The highest BCUT2D eigenvalue weighted by molar-refractivity contribution is 7.98. The minimum Gasteiger partial charge on any atom is -0.394 e. The fourth-order valence-electron chi connectivity index (χ4n) is 0.996. The Kier molecular flexibility index (Phi) is 5.39. The topological polar surface area (TPSA) is 40.5 Å². The molecule has 0 aliphatic rings. The number of aliphatic hydroxyl groups is 2. The molecule has 2 N–H and O–H groups in total. The molecule has 1 aromatic carbocycles. The summed E-state index contributed by atoms with van der Waals surface area (Å²) < 4.78 is 12.7. The molecule has 0 saturated heterocycles. The van der Waals surface area contributed by atoms with Gasteiger partial charge < -0.3 is 10.2 Å². The van der Waals surface area contributed by atoms with E-state index < -0.39 is 6.10 Å². The molecule has 0 amide bonds. The molecule has 5 heteroatoms. The van der Waals surface area contributed by atoms with Crippen LogP contribution in [-0.4, -0.2) is 28.7 Å². The molecule has 1 atom stereocenters. The van der Waals surface area contributed by atoms with E-state index in [2.05, 4.69) is 0 Å². The monoisotopic (exact) mass is 250 g/mol. The Morgan fingerprint density at radius 2 is 2.20 bits per heavy atom. The predicted molar refractivity (Wildman–Crippen MR) is 60.7 cm³/mol. The molecule has 84 valence electrons. The molecule has 2 nitrogen and oxygen atoms in total. The number of thioether (sulfide) groups is 1. The van der Waals surface area contributed by atoms with Gasteiger partial charge in [-0.1, -0.05) is 17.7 Å². The lowest BCUT2D eigenvalue weighted by Crippen LogP contribution is -2.14. The number of hydrogen-bond donors (Lipinski definition) is 2. The summed E-state index contributed by atoms with van der Waals surface area (Å²) in [7, 11) is 0. The third-order valence-corrected chi connectivity index (χ3v) is 3.28. The van der Waals surface area contributed by atoms with Gasteiger partial charge in [0, 0.05) is 16.5 Å². The second-order valence-corrected chi connectivity index (χ2v) is 4.52. The van der Waals surface area contributed by atoms with Gasteiger partial charge in [-0.05, 0) is 17.7 Å². The van der Waals surface area contributed by atoms with Gasteiger partial charge in [0.2, 0.25) is 0 Å². The maximum absolute atomic E-state index is 12.7. The van der Waals surface area contributed by atoms with Gasteiger partial charge in [-0.15, -0.1) is 0 Å². The SMILES string of the molecule is OC[C@@H](O)CSCc1ccc(F)cc1Cl. The number of benzene rings is 1. The first-order valence-corrected chi connectivity index (χ1v) is 5.97. The molecule has 0 aliphatic heterocycles. The molecule has 0 radical (unpaired) electrons. The van der Waals surface area contributed by atoms with Crippen molar-refractivity contribution in [3.05, 3.63) is 34.6 Å². The van der Waals surface area contributed by atoms with E-state index in [1.807, 2.05) is 0 Å². The number of halogens is 2. The number of aliphatic hydroxyl groups excluding tert-OH is 2. The Hall–Kier alpha value is -0.290. The molecule has 0 aliphatic carbocycles. The van der Waals surface area contributed by atoms with Gasteiger partial charge in [-0.25, -0.2) is 4.39 Å². The molecule has 0 unspecified atom stereocenters. The van der Waals surface area contributed by atoms with Crippen molar-refractivity contribution in [1.29, 1.82) is 0 Å². The lowest BCUT2D eigenvalue weighted by molar-refractivity contribution is 0.113. The fraction of sp³-hybridized carbons (Fsp3) is 0.400. The summed E-state index contributed by atoms with van der Waals surface area (Å²) >= 11 is 7.26. The van der Waals surface area contributed by atoms with Crippen LogP contribution < -0.4 is 0 Å². The fourth-order valence-corrected chi connectivity index (χ4v) is 2.28. The standard InChI is InChI=1S/C10H12ClFO2S/c11-10-3-8(12)2-1-7(10)5-15-6-9(14)4-13/h1-3,9,13-14H,4-6H2/t9-/m1/s1. The van der Waals surface area contributed by atoms with Gasteiger partial charge in [0.1, 0.15) is 5.82 Å². The molecule has 0 bridgehead atoms. The lowest BCUT2D eigenvalue weighted by Gasteiger charge is -2.07. The second kappa shape index (κ2) is 6.33. The summed E-state index contributed by atoms with van der Waals surface area (Å²) in [6.45, 7) is -0.246. The van der Waals surface area contributed by atoms with E-state index >= 15 is 0 Å². The quantitative estimate of drug-likeness (QED) is 0.841. The van der Waals surface area contributed by atoms with Gasteiger partial charge >= 0.3 is 0 Å². The van der Waals surface area contributed by atoms with Gasteiger partial charge in [-0.2, -0.15) is 11.8 Å². The maximum atomic E-state index is 12.7. The molecule has 1 rings (SSSR count). The number of rotatable bonds is 5. The van der Waals surface area contributed by atoms with E-state index in [-0.39, 0.29) is 12.4 Å². The van der Waals surface area contributed by atoms with Crippen LogP contribution in [0.15, 0.2) is 18.2 Å². The summed E-state index contributed by atoms with van der Waals surface area (Å²) in [6, 6.07) is 4.24. The van der Waals surface area contributed by atoms with E-state index in [1.165, 1.54) is 23.9 Å². The smallest absolute Gasteiger partial charge is 0.124 e. The zero-order chi connectivity index (χ0) is 11.3. The van der Waals surface area contributed by atoms with E-state index in [1.54, 1.807) is 6.07 Å². The molecule has 0 saturated carbocycles. The summed E-state index contributed by atoms with van der Waals surface area (Å²) in [5.41, 5.74) is 0.827. The van der Waals surface area contributed by atoms with E-state index in [0.29, 0.717) is 16.5 Å². The summed E-state index contributed by atoms with van der Waals surface area (Å²) in [4.78, 5) is 0. The first-order valence-electron chi connectivity index (χ1n) is 4.44. The minimum absolute atomic E-state index is 0.246. The molecule has 1 aromatic rings. The number of hydrogen-bond acceptors (Lipinski definition) is 3. The highest BCUT2D eigenvalue weighted by Crippen LogP contribution is 2.22. The Balaban J connectivity index is 2.44. The summed E-state index contributed by atoms with van der Waals surface area (Å²) in [5, 5.41) is 18.1. The first kappa shape index (κ1) is 12.8. The summed E-state index contributed by atoms with van der Waals surface area (Å²) in [5.74, 6) is 0.671. The van der Waals surface area contributed by atoms with Crippen LogP contribution in [0.1, 0.15) is 5.56 Å². The van der Waals surface area contributed by atoms with Crippen molar-refractivity contribution in [2.75, 3.05) is 12.4 Å². The molecule has 0 fully saturated rings. The van der Waals surface area contributed by atoms with Gasteiger partial charge in [-0.3, -0.25) is 0 Å². The van der Waals surface area contributed by atoms with Crippen molar-refractivity contribution in [3.63, 3.8) is 0 Å². The molecule has 0 aromatic heterocycles. The Morgan fingerprint density at radius 3 is 2.80 bits per heavy atom. The Bertz CT molecular complexity index is 322. The van der Waals surface area contributed by atoms with Gasteiger partial charge in [0.15, 0.2) is 0 Å². The highest BCUT2D eigenvalue weighted by atomic mass is 35.5. The van der Waals surface area contributed by atoms with Crippen LogP contribution in [-0.2, 0) is 5.75 Å². The Morgan fingerprint density at radius 1 is 1.47 bits per heavy atom. The van der Waals surface area contributed by atoms with Crippen molar-refractivity contribution in [2.45, 2.75) is 11.9 Å². The molecule has 0 spiro atoms. The third-order valence-electron chi connectivity index (χ3n) is 1.79. The van der Waals surface area contributed by atoms with Crippen molar-refractivity contribution >= 4 is 23.4 Å². The van der Waals surface area contributed by atoms with Crippen molar-refractivity contribution in [3.8, 4) is 0 Å². The zero-order valence-electron chi connectivity index (χ0n) is 7.99. The normalized spacial score (nSPS) is 12.8. The van der Waals surface area contributed by atoms with Gasteiger partial charge in [0.25, 0.3) is 0 Å².